The van der Waals surface area contributed by atoms with Crippen LogP contribution >= 0.6 is 15.9 Å². The first-order valence-corrected chi connectivity index (χ1v) is 8.86. The van der Waals surface area contributed by atoms with Gasteiger partial charge in [0.2, 0.25) is 11.7 Å². The highest BCUT2D eigenvalue weighted by molar-refractivity contribution is 9.10. The maximum absolute atomic E-state index is 11.9. The average Bonchev–Trinajstić information content (AvgIpc) is 3.09. The average molecular weight is 416 g/mol. The summed E-state index contributed by atoms with van der Waals surface area (Å²) in [6, 6.07) is 13.4. The lowest BCUT2D eigenvalue weighted by atomic mass is 10.1. The van der Waals surface area contributed by atoms with Crippen LogP contribution in [0, 0.1) is 13.8 Å². The van der Waals surface area contributed by atoms with Crippen molar-refractivity contribution in [3.05, 3.63) is 64.0 Å². The minimum Gasteiger partial charge on any atom is -0.484 e. The Bertz CT molecular complexity index is 907. The zero-order chi connectivity index (χ0) is 18.5. The number of rotatable bonds is 6. The smallest absolute Gasteiger partial charge is 0.258 e. The SMILES string of the molecule is Cc1ccc(-c2noc(CNC(=O)COc3ccc(Br)cc3C)n2)cc1. The Labute approximate surface area is 159 Å². The maximum Gasteiger partial charge on any atom is 0.258 e. The Morgan fingerprint density at radius 3 is 2.69 bits per heavy atom. The Hall–Kier alpha value is -2.67. The van der Waals surface area contributed by atoms with Crippen LogP contribution in [0.4, 0.5) is 0 Å². The van der Waals surface area contributed by atoms with Gasteiger partial charge in [0.1, 0.15) is 5.75 Å². The Balaban J connectivity index is 1.51. The number of carbonyl (C=O) groups is 1. The number of benzene rings is 2. The first-order valence-electron chi connectivity index (χ1n) is 8.06. The van der Waals surface area contributed by atoms with Gasteiger partial charge in [-0.05, 0) is 37.6 Å². The summed E-state index contributed by atoms with van der Waals surface area (Å²) in [4.78, 5) is 16.2. The molecule has 1 heterocycles. The van der Waals surface area contributed by atoms with E-state index >= 15 is 0 Å². The third-order valence-corrected chi connectivity index (χ3v) is 4.20. The van der Waals surface area contributed by atoms with Crippen LogP contribution in [0.25, 0.3) is 11.4 Å². The van der Waals surface area contributed by atoms with Gasteiger partial charge >= 0.3 is 0 Å². The molecule has 3 rings (SSSR count). The molecule has 2 aromatic carbocycles. The molecule has 6 nitrogen and oxygen atoms in total. The molecule has 134 valence electrons. The Kier molecular flexibility index (Phi) is 5.68. The highest BCUT2D eigenvalue weighted by Gasteiger charge is 2.10. The molecular formula is C19H18BrN3O3. The van der Waals surface area contributed by atoms with E-state index in [0.717, 1.165) is 21.2 Å². The second kappa shape index (κ2) is 8.14. The molecule has 7 heteroatoms. The molecule has 26 heavy (non-hydrogen) atoms. The number of aryl methyl sites for hydroxylation is 2. The largest absolute Gasteiger partial charge is 0.484 e. The van der Waals surface area contributed by atoms with Crippen LogP contribution in [0.5, 0.6) is 5.75 Å². The van der Waals surface area contributed by atoms with Gasteiger partial charge in [-0.1, -0.05) is 50.9 Å². The van der Waals surface area contributed by atoms with Crippen LogP contribution in [0.2, 0.25) is 0 Å². The van der Waals surface area contributed by atoms with E-state index in [9.17, 15) is 4.79 Å². The molecular weight excluding hydrogens is 398 g/mol. The molecule has 0 aliphatic rings. The summed E-state index contributed by atoms with van der Waals surface area (Å²) in [5, 5.41) is 6.64. The van der Waals surface area contributed by atoms with Gasteiger partial charge in [0, 0.05) is 10.0 Å². The van der Waals surface area contributed by atoms with Gasteiger partial charge in [-0.3, -0.25) is 4.79 Å². The molecule has 1 amide bonds. The molecule has 1 N–H and O–H groups in total. The number of ether oxygens (including phenoxy) is 1. The number of hydrogen-bond donors (Lipinski definition) is 1. The quantitative estimate of drug-likeness (QED) is 0.661. The Morgan fingerprint density at radius 1 is 1.19 bits per heavy atom. The fraction of sp³-hybridized carbons (Fsp3) is 0.211. The summed E-state index contributed by atoms with van der Waals surface area (Å²) in [6.07, 6.45) is 0. The molecule has 0 spiro atoms. The molecule has 0 saturated carbocycles. The molecule has 0 unspecified atom stereocenters. The third-order valence-electron chi connectivity index (χ3n) is 3.71. The van der Waals surface area contributed by atoms with E-state index in [-0.39, 0.29) is 19.1 Å². The van der Waals surface area contributed by atoms with Crippen molar-refractivity contribution in [2.75, 3.05) is 6.61 Å². The zero-order valence-corrected chi connectivity index (χ0v) is 16.0. The van der Waals surface area contributed by atoms with Gasteiger partial charge in [-0.25, -0.2) is 0 Å². The van der Waals surface area contributed by atoms with Gasteiger partial charge in [-0.2, -0.15) is 4.98 Å². The highest BCUT2D eigenvalue weighted by Crippen LogP contribution is 2.22. The zero-order valence-electron chi connectivity index (χ0n) is 14.5. The minimum absolute atomic E-state index is 0.0819. The minimum atomic E-state index is -0.262. The van der Waals surface area contributed by atoms with Gasteiger partial charge in [-0.15, -0.1) is 0 Å². The fourth-order valence-electron chi connectivity index (χ4n) is 2.29. The summed E-state index contributed by atoms with van der Waals surface area (Å²) < 4.78 is 11.7. The molecule has 0 aliphatic heterocycles. The summed E-state index contributed by atoms with van der Waals surface area (Å²) in [6.45, 7) is 4.00. The van der Waals surface area contributed by atoms with Crippen molar-refractivity contribution < 1.29 is 14.1 Å². The van der Waals surface area contributed by atoms with Crippen LogP contribution in [-0.2, 0) is 11.3 Å². The van der Waals surface area contributed by atoms with E-state index in [0.29, 0.717) is 17.5 Å². The predicted molar refractivity (Wildman–Crippen MR) is 101 cm³/mol. The van der Waals surface area contributed by atoms with Crippen molar-refractivity contribution in [2.45, 2.75) is 20.4 Å². The molecule has 0 fully saturated rings. The summed E-state index contributed by atoms with van der Waals surface area (Å²) in [5.74, 6) is 1.25. The van der Waals surface area contributed by atoms with Crippen molar-refractivity contribution in [1.82, 2.24) is 15.5 Å². The van der Waals surface area contributed by atoms with Crippen molar-refractivity contribution in [1.29, 1.82) is 0 Å². The number of aromatic nitrogens is 2. The lowest BCUT2D eigenvalue weighted by Gasteiger charge is -2.09. The van der Waals surface area contributed by atoms with Crippen molar-refractivity contribution in [3.8, 4) is 17.1 Å². The first-order chi connectivity index (χ1) is 12.5. The standard InChI is InChI=1S/C19H18BrN3O3/c1-12-3-5-14(6-4-12)19-22-18(26-23-19)10-21-17(24)11-25-16-8-7-15(20)9-13(16)2/h3-9H,10-11H2,1-2H3,(H,21,24). The fourth-order valence-corrected chi connectivity index (χ4v) is 2.77. The van der Waals surface area contributed by atoms with Crippen molar-refractivity contribution >= 4 is 21.8 Å². The van der Waals surface area contributed by atoms with Gasteiger partial charge in [0.25, 0.3) is 5.91 Å². The van der Waals surface area contributed by atoms with Crippen LogP contribution in [0.15, 0.2) is 51.5 Å². The van der Waals surface area contributed by atoms with Crippen LogP contribution in [0.3, 0.4) is 0 Å². The van der Waals surface area contributed by atoms with Crippen LogP contribution < -0.4 is 10.1 Å². The summed E-state index contributed by atoms with van der Waals surface area (Å²) in [7, 11) is 0. The van der Waals surface area contributed by atoms with E-state index in [1.54, 1.807) is 0 Å². The monoisotopic (exact) mass is 415 g/mol. The molecule has 1 aromatic heterocycles. The normalized spacial score (nSPS) is 10.6. The van der Waals surface area contributed by atoms with Gasteiger partial charge < -0.3 is 14.6 Å². The Morgan fingerprint density at radius 2 is 1.96 bits per heavy atom. The van der Waals surface area contributed by atoms with Crippen LogP contribution in [-0.4, -0.2) is 22.7 Å². The van der Waals surface area contributed by atoms with E-state index < -0.39 is 0 Å². The molecule has 0 bridgehead atoms. The second-order valence-electron chi connectivity index (χ2n) is 5.85. The summed E-state index contributed by atoms with van der Waals surface area (Å²) in [5.41, 5.74) is 2.98. The number of halogens is 1. The maximum atomic E-state index is 11.9. The van der Waals surface area contributed by atoms with Gasteiger partial charge in [0.05, 0.1) is 6.54 Å². The summed E-state index contributed by atoms with van der Waals surface area (Å²) >= 11 is 3.39. The highest BCUT2D eigenvalue weighted by atomic mass is 79.9. The van der Waals surface area contributed by atoms with E-state index in [1.807, 2.05) is 56.3 Å². The number of nitrogens with zero attached hydrogens (tertiary/aromatic N) is 2. The van der Waals surface area contributed by atoms with E-state index in [1.165, 1.54) is 0 Å². The number of nitrogens with one attached hydrogen (secondary N) is 1. The number of hydrogen-bond acceptors (Lipinski definition) is 5. The predicted octanol–water partition coefficient (Wildman–Crippen LogP) is 3.81. The van der Waals surface area contributed by atoms with Crippen molar-refractivity contribution in [3.63, 3.8) is 0 Å². The first kappa shape index (κ1) is 18.1. The lowest BCUT2D eigenvalue weighted by Crippen LogP contribution is -2.28. The molecule has 0 atom stereocenters. The molecule has 3 aromatic rings. The number of amides is 1. The van der Waals surface area contributed by atoms with Crippen LogP contribution in [0.1, 0.15) is 17.0 Å². The van der Waals surface area contributed by atoms with E-state index in [2.05, 4.69) is 31.4 Å². The lowest BCUT2D eigenvalue weighted by molar-refractivity contribution is -0.123. The third kappa shape index (κ3) is 4.70. The van der Waals surface area contributed by atoms with E-state index in [4.69, 9.17) is 9.26 Å². The molecule has 0 aliphatic carbocycles. The molecule has 0 saturated heterocycles. The van der Waals surface area contributed by atoms with Gasteiger partial charge in [0.15, 0.2) is 6.61 Å². The van der Waals surface area contributed by atoms with Crippen molar-refractivity contribution in [2.24, 2.45) is 0 Å². The topological polar surface area (TPSA) is 77.2 Å². The molecule has 0 radical (unpaired) electrons. The second-order valence-corrected chi connectivity index (χ2v) is 6.77. The number of carbonyl (C=O) groups excluding carboxylic acids is 1.